The van der Waals surface area contributed by atoms with E-state index in [1.165, 1.54) is 5.56 Å². The van der Waals surface area contributed by atoms with Crippen LogP contribution in [0.5, 0.6) is 0 Å². The summed E-state index contributed by atoms with van der Waals surface area (Å²) in [7, 11) is 0. The first-order valence-corrected chi connectivity index (χ1v) is 7.58. The van der Waals surface area contributed by atoms with Crippen LogP contribution in [0.3, 0.4) is 0 Å². The van der Waals surface area contributed by atoms with E-state index in [9.17, 15) is 4.79 Å². The predicted molar refractivity (Wildman–Crippen MR) is 89.1 cm³/mol. The van der Waals surface area contributed by atoms with Gasteiger partial charge < -0.3 is 5.11 Å². The molecule has 0 aliphatic heterocycles. The molecule has 0 saturated heterocycles. The van der Waals surface area contributed by atoms with Crippen LogP contribution < -0.4 is 0 Å². The maximum absolute atomic E-state index is 10.8. The Labute approximate surface area is 135 Å². The Morgan fingerprint density at radius 3 is 2.57 bits per heavy atom. The van der Waals surface area contributed by atoms with Crippen LogP contribution in [0.1, 0.15) is 11.1 Å². The first kappa shape index (κ1) is 15.0. The first-order valence-electron chi connectivity index (χ1n) is 7.58. The summed E-state index contributed by atoms with van der Waals surface area (Å²) in [6, 6.07) is 17.9. The maximum atomic E-state index is 10.8. The Morgan fingerprint density at radius 2 is 1.78 bits per heavy atom. The highest BCUT2D eigenvalue weighted by molar-refractivity contribution is 5.71. The molecule has 0 amide bonds. The lowest BCUT2D eigenvalue weighted by Gasteiger charge is -2.02. The Bertz CT molecular complexity index is 794. The van der Waals surface area contributed by atoms with E-state index < -0.39 is 5.97 Å². The fourth-order valence-electron chi connectivity index (χ4n) is 2.56. The number of aromatic nitrogens is 2. The summed E-state index contributed by atoms with van der Waals surface area (Å²) in [6.45, 7) is 0.818. The molecule has 0 aliphatic carbocycles. The summed E-state index contributed by atoms with van der Waals surface area (Å²) in [5, 5.41) is 13.3. The van der Waals surface area contributed by atoms with Crippen molar-refractivity contribution in [2.75, 3.05) is 0 Å². The molecule has 0 aliphatic rings. The number of rotatable bonds is 6. The number of benzene rings is 2. The van der Waals surface area contributed by atoms with Crippen molar-refractivity contribution < 1.29 is 9.90 Å². The van der Waals surface area contributed by atoms with Gasteiger partial charge in [0.25, 0.3) is 0 Å². The molecule has 4 nitrogen and oxygen atoms in total. The van der Waals surface area contributed by atoms with Crippen LogP contribution in [-0.4, -0.2) is 20.9 Å². The van der Waals surface area contributed by atoms with E-state index in [1.54, 1.807) is 0 Å². The largest absolute Gasteiger partial charge is 0.481 e. The molecule has 0 bridgehead atoms. The van der Waals surface area contributed by atoms with Gasteiger partial charge in [-0.3, -0.25) is 9.48 Å². The van der Waals surface area contributed by atoms with E-state index in [0.29, 0.717) is 0 Å². The topological polar surface area (TPSA) is 55.1 Å². The minimum absolute atomic E-state index is 0.0377. The molecule has 0 fully saturated rings. The van der Waals surface area contributed by atoms with Gasteiger partial charge in [0.05, 0.1) is 12.6 Å². The molecule has 1 N–H and O–H groups in total. The number of aryl methyl sites for hydroxylation is 2. The van der Waals surface area contributed by atoms with Crippen molar-refractivity contribution in [3.63, 3.8) is 0 Å². The number of hydrogen-bond donors (Lipinski definition) is 1. The number of hydrogen-bond acceptors (Lipinski definition) is 2. The van der Waals surface area contributed by atoms with E-state index in [4.69, 9.17) is 5.11 Å². The lowest BCUT2D eigenvalue weighted by atomic mass is 10.0. The van der Waals surface area contributed by atoms with Crippen LogP contribution in [0.25, 0.3) is 11.1 Å². The molecule has 0 unspecified atom stereocenters. The molecule has 0 saturated carbocycles. The highest BCUT2D eigenvalue weighted by atomic mass is 16.4. The zero-order valence-electron chi connectivity index (χ0n) is 12.7. The second-order valence-electron chi connectivity index (χ2n) is 5.50. The molecule has 3 aromatic rings. The quantitative estimate of drug-likeness (QED) is 0.759. The molecule has 1 aromatic heterocycles. The number of nitrogens with zero attached hydrogens (tertiary/aromatic N) is 2. The summed E-state index contributed by atoms with van der Waals surface area (Å²) in [6.07, 6.45) is 4.80. The van der Waals surface area contributed by atoms with E-state index >= 15 is 0 Å². The molecule has 0 radical (unpaired) electrons. The summed E-state index contributed by atoms with van der Waals surface area (Å²) in [5.41, 5.74) is 4.08. The monoisotopic (exact) mass is 306 g/mol. The van der Waals surface area contributed by atoms with Crippen LogP contribution in [0.4, 0.5) is 0 Å². The molecule has 116 valence electrons. The van der Waals surface area contributed by atoms with Gasteiger partial charge >= 0.3 is 5.97 Å². The van der Waals surface area contributed by atoms with Gasteiger partial charge in [-0.15, -0.1) is 0 Å². The Balaban J connectivity index is 1.70. The third-order valence-electron chi connectivity index (χ3n) is 3.72. The van der Waals surface area contributed by atoms with Crippen molar-refractivity contribution in [1.82, 2.24) is 9.78 Å². The smallest absolute Gasteiger partial charge is 0.307 e. The fraction of sp³-hybridized carbons (Fsp3) is 0.158. The molecule has 23 heavy (non-hydrogen) atoms. The molecule has 0 spiro atoms. The zero-order valence-corrected chi connectivity index (χ0v) is 12.7. The van der Waals surface area contributed by atoms with Crippen LogP contribution in [0.2, 0.25) is 0 Å². The summed E-state index contributed by atoms with van der Waals surface area (Å²) < 4.78 is 1.92. The van der Waals surface area contributed by atoms with Gasteiger partial charge in [-0.25, -0.2) is 0 Å². The van der Waals surface area contributed by atoms with Crippen molar-refractivity contribution in [1.29, 1.82) is 0 Å². The van der Waals surface area contributed by atoms with Crippen molar-refractivity contribution in [3.8, 4) is 11.1 Å². The molecule has 0 atom stereocenters. The predicted octanol–water partition coefficient (Wildman–Crippen LogP) is 3.42. The molecular formula is C19H18N2O2. The SMILES string of the molecule is O=C(O)Cc1cccc(-c2cnn(CCc3ccccc3)c2)c1. The van der Waals surface area contributed by atoms with E-state index in [-0.39, 0.29) is 6.42 Å². The lowest BCUT2D eigenvalue weighted by Crippen LogP contribution is -2.01. The Hall–Kier alpha value is -2.88. The molecule has 4 heteroatoms. The highest BCUT2D eigenvalue weighted by Gasteiger charge is 2.05. The van der Waals surface area contributed by atoms with Crippen LogP contribution in [0.15, 0.2) is 67.0 Å². The van der Waals surface area contributed by atoms with Crippen LogP contribution >= 0.6 is 0 Å². The van der Waals surface area contributed by atoms with Crippen molar-refractivity contribution in [3.05, 3.63) is 78.1 Å². The maximum Gasteiger partial charge on any atom is 0.307 e. The van der Waals surface area contributed by atoms with E-state index in [1.807, 2.05) is 59.5 Å². The minimum Gasteiger partial charge on any atom is -0.481 e. The third kappa shape index (κ3) is 4.07. The second kappa shape index (κ2) is 6.92. The van der Waals surface area contributed by atoms with Gasteiger partial charge in [-0.1, -0.05) is 54.6 Å². The standard InChI is InChI=1S/C19H18N2O2/c22-19(23)12-16-7-4-8-17(11-16)18-13-20-21(14-18)10-9-15-5-2-1-3-6-15/h1-8,11,13-14H,9-10,12H2,(H,22,23). The van der Waals surface area contributed by atoms with Crippen molar-refractivity contribution in [2.24, 2.45) is 0 Å². The van der Waals surface area contributed by atoms with E-state index in [0.717, 1.165) is 29.7 Å². The number of carboxylic acid groups (broad SMARTS) is 1. The molecule has 2 aromatic carbocycles. The van der Waals surface area contributed by atoms with Gasteiger partial charge in [0.15, 0.2) is 0 Å². The van der Waals surface area contributed by atoms with Gasteiger partial charge in [-0.05, 0) is 23.1 Å². The average Bonchev–Trinajstić information content (AvgIpc) is 3.03. The third-order valence-corrected chi connectivity index (χ3v) is 3.72. The molecule has 3 rings (SSSR count). The second-order valence-corrected chi connectivity index (χ2v) is 5.50. The zero-order chi connectivity index (χ0) is 16.1. The molecule has 1 heterocycles. The first-order chi connectivity index (χ1) is 11.2. The Kier molecular flexibility index (Phi) is 4.52. The van der Waals surface area contributed by atoms with Crippen molar-refractivity contribution >= 4 is 5.97 Å². The number of carboxylic acids is 1. The lowest BCUT2D eigenvalue weighted by molar-refractivity contribution is -0.136. The number of carbonyl (C=O) groups is 1. The average molecular weight is 306 g/mol. The van der Waals surface area contributed by atoms with Gasteiger partial charge in [-0.2, -0.15) is 5.10 Å². The number of aliphatic carboxylic acids is 1. The van der Waals surface area contributed by atoms with Gasteiger partial charge in [0, 0.05) is 18.3 Å². The van der Waals surface area contributed by atoms with Crippen LogP contribution in [0, 0.1) is 0 Å². The summed E-state index contributed by atoms with van der Waals surface area (Å²) in [5.74, 6) is -0.819. The summed E-state index contributed by atoms with van der Waals surface area (Å²) >= 11 is 0. The normalized spacial score (nSPS) is 10.6. The molecular weight excluding hydrogens is 288 g/mol. The minimum atomic E-state index is -0.819. The highest BCUT2D eigenvalue weighted by Crippen LogP contribution is 2.20. The fourth-order valence-corrected chi connectivity index (χ4v) is 2.56. The Morgan fingerprint density at radius 1 is 1.00 bits per heavy atom. The van der Waals surface area contributed by atoms with Crippen LogP contribution in [-0.2, 0) is 24.2 Å². The van der Waals surface area contributed by atoms with E-state index in [2.05, 4.69) is 17.2 Å². The van der Waals surface area contributed by atoms with Crippen molar-refractivity contribution in [2.45, 2.75) is 19.4 Å². The van der Waals surface area contributed by atoms with Gasteiger partial charge in [0.2, 0.25) is 0 Å². The van der Waals surface area contributed by atoms with Gasteiger partial charge in [0.1, 0.15) is 0 Å². The summed E-state index contributed by atoms with van der Waals surface area (Å²) in [4.78, 5) is 10.8.